The van der Waals surface area contributed by atoms with E-state index >= 15 is 0 Å². The molecule has 1 fully saturated rings. The van der Waals surface area contributed by atoms with Crippen LogP contribution in [0.15, 0.2) is 53.3 Å². The minimum atomic E-state index is -0.476. The number of nitrogens with one attached hydrogen (secondary N) is 1. The molecule has 0 saturated carbocycles. The first-order valence-electron chi connectivity index (χ1n) is 11.1. The maximum absolute atomic E-state index is 13.7. The Hall–Kier alpha value is -2.90. The quantitative estimate of drug-likeness (QED) is 0.527. The number of amides is 1. The van der Waals surface area contributed by atoms with E-state index in [1.807, 2.05) is 18.7 Å². The maximum Gasteiger partial charge on any atom is 0.260 e. The van der Waals surface area contributed by atoms with E-state index in [9.17, 15) is 14.0 Å². The first kappa shape index (κ1) is 24.2. The van der Waals surface area contributed by atoms with E-state index in [0.29, 0.717) is 41.0 Å². The summed E-state index contributed by atoms with van der Waals surface area (Å²) in [4.78, 5) is 32.2. The molecule has 6 nitrogen and oxygen atoms in total. The molecule has 0 bridgehead atoms. The average Bonchev–Trinajstić information content (AvgIpc) is 2.80. The van der Waals surface area contributed by atoms with Gasteiger partial charge in [0.25, 0.3) is 5.56 Å². The van der Waals surface area contributed by atoms with Gasteiger partial charge in [0.2, 0.25) is 5.91 Å². The highest BCUT2D eigenvalue weighted by atomic mass is 35.5. The molecule has 1 amide bonds. The van der Waals surface area contributed by atoms with Gasteiger partial charge in [0.1, 0.15) is 11.6 Å². The van der Waals surface area contributed by atoms with E-state index < -0.39 is 5.82 Å². The molecule has 9 heteroatoms. The molecule has 34 heavy (non-hydrogen) atoms. The molecule has 0 atom stereocenters. The smallest absolute Gasteiger partial charge is 0.260 e. The van der Waals surface area contributed by atoms with E-state index in [4.69, 9.17) is 28.2 Å². The summed E-state index contributed by atoms with van der Waals surface area (Å²) in [6.45, 7) is 5.01. The number of benzene rings is 2. The predicted octanol–water partition coefficient (Wildman–Crippen LogP) is 5.09. The molecule has 1 N–H and O–H groups in total. The fourth-order valence-electron chi connectivity index (χ4n) is 3.94. The topological polar surface area (TPSA) is 67.2 Å². The summed E-state index contributed by atoms with van der Waals surface area (Å²) in [5.74, 6) is 0.318. The van der Waals surface area contributed by atoms with E-state index in [0.717, 1.165) is 12.8 Å². The second kappa shape index (κ2) is 10.2. The minimum Gasteiger partial charge on any atom is -0.356 e. The van der Waals surface area contributed by atoms with Crippen LogP contribution in [-0.4, -0.2) is 34.6 Å². The molecule has 1 saturated heterocycles. The van der Waals surface area contributed by atoms with Gasteiger partial charge in [-0.2, -0.15) is 0 Å². The van der Waals surface area contributed by atoms with Crippen LogP contribution in [0, 0.1) is 11.7 Å². The summed E-state index contributed by atoms with van der Waals surface area (Å²) in [6.07, 6.45) is 1.49. The molecule has 1 aromatic heterocycles. The standard InChI is InChI=1S/C25H25Cl2FN4O2/c1-15(2)25(34)29-18-9-11-31(12-10-18)22-14-23(33)32(19-6-3-16(26)4-7-19)24(30-22)20-8-5-17(28)13-21(20)27/h3-8,13-15,18H,9-12H2,1-2H3,(H,29,34). The summed E-state index contributed by atoms with van der Waals surface area (Å²) in [7, 11) is 0. The van der Waals surface area contributed by atoms with Crippen LogP contribution in [0.25, 0.3) is 17.1 Å². The monoisotopic (exact) mass is 502 g/mol. The molecular formula is C25H25Cl2FN4O2. The van der Waals surface area contributed by atoms with E-state index in [2.05, 4.69) is 5.32 Å². The molecule has 2 aromatic carbocycles. The fraction of sp³-hybridized carbons (Fsp3) is 0.320. The zero-order valence-electron chi connectivity index (χ0n) is 18.9. The van der Waals surface area contributed by atoms with Crippen LogP contribution in [0.4, 0.5) is 10.2 Å². The molecule has 0 unspecified atom stereocenters. The SMILES string of the molecule is CC(C)C(=O)NC1CCN(c2cc(=O)n(-c3ccc(Cl)cc3)c(-c3ccc(F)cc3Cl)n2)CC1. The van der Waals surface area contributed by atoms with Gasteiger partial charge in [-0.3, -0.25) is 14.2 Å². The van der Waals surface area contributed by atoms with Crippen molar-refractivity contribution in [2.24, 2.45) is 5.92 Å². The predicted molar refractivity (Wildman–Crippen MR) is 133 cm³/mol. The highest BCUT2D eigenvalue weighted by Gasteiger charge is 2.24. The van der Waals surface area contributed by atoms with Crippen molar-refractivity contribution in [2.45, 2.75) is 32.7 Å². The van der Waals surface area contributed by atoms with Gasteiger partial charge in [0.15, 0.2) is 5.82 Å². The lowest BCUT2D eigenvalue weighted by atomic mass is 10.0. The third-order valence-electron chi connectivity index (χ3n) is 5.85. The summed E-state index contributed by atoms with van der Waals surface area (Å²) in [6, 6.07) is 12.4. The van der Waals surface area contributed by atoms with Crippen molar-refractivity contribution in [2.75, 3.05) is 18.0 Å². The number of carbonyl (C=O) groups excluding carboxylic acids is 1. The van der Waals surface area contributed by atoms with Gasteiger partial charge >= 0.3 is 0 Å². The van der Waals surface area contributed by atoms with Gasteiger partial charge in [0.05, 0.1) is 10.7 Å². The Kier molecular flexibility index (Phi) is 7.24. The van der Waals surface area contributed by atoms with Crippen LogP contribution in [0.3, 0.4) is 0 Å². The van der Waals surface area contributed by atoms with Crippen molar-refractivity contribution in [3.8, 4) is 17.1 Å². The van der Waals surface area contributed by atoms with Crippen LogP contribution < -0.4 is 15.8 Å². The van der Waals surface area contributed by atoms with Crippen LogP contribution >= 0.6 is 23.2 Å². The molecule has 178 valence electrons. The van der Waals surface area contributed by atoms with Crippen molar-refractivity contribution in [1.82, 2.24) is 14.9 Å². The van der Waals surface area contributed by atoms with Gasteiger partial charge in [-0.15, -0.1) is 0 Å². The Bertz CT molecular complexity index is 1250. The molecule has 0 spiro atoms. The van der Waals surface area contributed by atoms with Crippen molar-refractivity contribution >= 4 is 34.9 Å². The van der Waals surface area contributed by atoms with Crippen molar-refractivity contribution in [3.63, 3.8) is 0 Å². The Labute approximate surface area is 207 Å². The highest BCUT2D eigenvalue weighted by molar-refractivity contribution is 6.33. The van der Waals surface area contributed by atoms with Gasteiger partial charge < -0.3 is 10.2 Å². The molecule has 4 rings (SSSR count). The lowest BCUT2D eigenvalue weighted by Gasteiger charge is -2.33. The number of hydrogen-bond acceptors (Lipinski definition) is 4. The first-order valence-corrected chi connectivity index (χ1v) is 11.9. The summed E-state index contributed by atoms with van der Waals surface area (Å²) in [5.41, 5.74) is 0.716. The first-order chi connectivity index (χ1) is 16.2. The molecule has 1 aliphatic rings. The van der Waals surface area contributed by atoms with E-state index in [1.165, 1.54) is 28.8 Å². The fourth-order valence-corrected chi connectivity index (χ4v) is 4.32. The Morgan fingerprint density at radius 2 is 1.76 bits per heavy atom. The molecule has 0 aliphatic carbocycles. The zero-order valence-corrected chi connectivity index (χ0v) is 20.4. The Morgan fingerprint density at radius 3 is 2.38 bits per heavy atom. The van der Waals surface area contributed by atoms with Crippen LogP contribution in [0.2, 0.25) is 10.0 Å². The number of carbonyl (C=O) groups is 1. The van der Waals surface area contributed by atoms with Crippen LogP contribution in [0.5, 0.6) is 0 Å². The Morgan fingerprint density at radius 1 is 1.09 bits per heavy atom. The number of aromatic nitrogens is 2. The average molecular weight is 503 g/mol. The molecular weight excluding hydrogens is 478 g/mol. The summed E-state index contributed by atoms with van der Waals surface area (Å²) < 4.78 is 15.2. The second-order valence-electron chi connectivity index (χ2n) is 8.64. The zero-order chi connectivity index (χ0) is 24.4. The number of nitrogens with zero attached hydrogens (tertiary/aromatic N) is 3. The normalized spacial score (nSPS) is 14.5. The number of hydrogen-bond donors (Lipinski definition) is 1. The van der Waals surface area contributed by atoms with Gasteiger partial charge in [-0.05, 0) is 55.3 Å². The second-order valence-corrected chi connectivity index (χ2v) is 9.48. The number of piperidine rings is 1. The molecule has 1 aliphatic heterocycles. The summed E-state index contributed by atoms with van der Waals surface area (Å²) >= 11 is 12.4. The molecule has 0 radical (unpaired) electrons. The number of anilines is 1. The molecule has 2 heterocycles. The minimum absolute atomic E-state index is 0.0374. The van der Waals surface area contributed by atoms with Crippen LogP contribution in [0.1, 0.15) is 26.7 Å². The summed E-state index contributed by atoms with van der Waals surface area (Å²) in [5, 5.41) is 3.76. The lowest BCUT2D eigenvalue weighted by Crippen LogP contribution is -2.46. The van der Waals surface area contributed by atoms with Gasteiger partial charge in [0, 0.05) is 41.7 Å². The Balaban J connectivity index is 1.71. The van der Waals surface area contributed by atoms with Crippen molar-refractivity contribution in [1.29, 1.82) is 0 Å². The van der Waals surface area contributed by atoms with E-state index in [1.54, 1.807) is 24.3 Å². The number of rotatable bonds is 5. The van der Waals surface area contributed by atoms with Gasteiger partial charge in [-0.25, -0.2) is 9.37 Å². The van der Waals surface area contributed by atoms with E-state index in [-0.39, 0.29) is 28.4 Å². The van der Waals surface area contributed by atoms with Gasteiger partial charge in [-0.1, -0.05) is 37.0 Å². The van der Waals surface area contributed by atoms with Crippen molar-refractivity contribution in [3.05, 3.63) is 74.7 Å². The maximum atomic E-state index is 13.7. The largest absolute Gasteiger partial charge is 0.356 e. The third-order valence-corrected chi connectivity index (χ3v) is 6.42. The highest BCUT2D eigenvalue weighted by Crippen LogP contribution is 2.30. The molecule has 3 aromatic rings. The van der Waals surface area contributed by atoms with Crippen molar-refractivity contribution < 1.29 is 9.18 Å². The lowest BCUT2D eigenvalue weighted by molar-refractivity contribution is -0.124. The third kappa shape index (κ3) is 5.26. The number of halogens is 3. The van der Waals surface area contributed by atoms with Crippen LogP contribution in [-0.2, 0) is 4.79 Å².